The van der Waals surface area contributed by atoms with Crippen molar-refractivity contribution in [2.45, 2.75) is 41.5 Å². The van der Waals surface area contributed by atoms with Gasteiger partial charge in [0.2, 0.25) is 5.95 Å². The van der Waals surface area contributed by atoms with Gasteiger partial charge in [0.15, 0.2) is 11.3 Å². The maximum absolute atomic E-state index is 10.6. The van der Waals surface area contributed by atoms with E-state index in [1.54, 1.807) is 12.4 Å². The van der Waals surface area contributed by atoms with Crippen LogP contribution in [0, 0.1) is 5.41 Å². The van der Waals surface area contributed by atoms with Gasteiger partial charge in [0.05, 0.1) is 23.0 Å². The number of carboxylic acid groups (broad SMARTS) is 1. The maximum Gasteiger partial charge on any atom is 0.490 e. The van der Waals surface area contributed by atoms with Gasteiger partial charge in [-0.2, -0.15) is 23.3 Å². The first-order valence-corrected chi connectivity index (χ1v) is 13.2. The highest BCUT2D eigenvalue weighted by molar-refractivity contribution is 7.99. The number of alkyl halides is 3. The second-order valence-corrected chi connectivity index (χ2v) is 10.9. The topological polar surface area (TPSA) is 167 Å². The van der Waals surface area contributed by atoms with Crippen molar-refractivity contribution in [3.63, 3.8) is 0 Å². The SMILES string of the molecule is Cn1c(N2CCC3(CC2)Cn2nccc2[C@H]3N)nc2nc(Sc3ccnc(N)c3Cl)cnc21.O=C(O)C(F)(F)F. The number of piperidine rings is 1. The van der Waals surface area contributed by atoms with Gasteiger partial charge in [-0.3, -0.25) is 9.25 Å². The number of hydrogen-bond acceptors (Lipinski definition) is 10. The summed E-state index contributed by atoms with van der Waals surface area (Å²) < 4.78 is 35.8. The zero-order valence-electron chi connectivity index (χ0n) is 21.0. The summed E-state index contributed by atoms with van der Waals surface area (Å²) >= 11 is 7.67. The first-order chi connectivity index (χ1) is 18.9. The van der Waals surface area contributed by atoms with Gasteiger partial charge in [0.1, 0.15) is 10.8 Å². The van der Waals surface area contributed by atoms with Gasteiger partial charge >= 0.3 is 12.1 Å². The number of carboxylic acids is 1. The van der Waals surface area contributed by atoms with Gasteiger partial charge in [0, 0.05) is 49.4 Å². The molecule has 212 valence electrons. The number of nitrogen functional groups attached to an aromatic ring is 1. The van der Waals surface area contributed by atoms with Crippen LogP contribution in [0.2, 0.25) is 5.02 Å². The van der Waals surface area contributed by atoms with Crippen LogP contribution in [-0.2, 0) is 18.4 Å². The maximum atomic E-state index is 10.6. The average Bonchev–Trinajstić information content (AvgIpc) is 3.56. The molecule has 0 bridgehead atoms. The Labute approximate surface area is 234 Å². The van der Waals surface area contributed by atoms with Gasteiger partial charge in [-0.1, -0.05) is 23.4 Å². The number of hydrogen-bond donors (Lipinski definition) is 3. The summed E-state index contributed by atoms with van der Waals surface area (Å²) in [6.07, 6.45) is 2.09. The molecule has 40 heavy (non-hydrogen) atoms. The van der Waals surface area contributed by atoms with E-state index in [4.69, 9.17) is 42.9 Å². The van der Waals surface area contributed by atoms with Gasteiger partial charge in [-0.25, -0.2) is 19.7 Å². The van der Waals surface area contributed by atoms with Gasteiger partial charge < -0.3 is 21.5 Å². The van der Waals surface area contributed by atoms with Crippen LogP contribution in [0.25, 0.3) is 11.3 Å². The van der Waals surface area contributed by atoms with Crippen molar-refractivity contribution in [2.75, 3.05) is 23.7 Å². The molecule has 12 nitrogen and oxygen atoms in total. The van der Waals surface area contributed by atoms with E-state index in [2.05, 4.69) is 24.6 Å². The molecular formula is C23H24ClF3N10O2S. The van der Waals surface area contributed by atoms with Crippen molar-refractivity contribution < 1.29 is 23.1 Å². The van der Waals surface area contributed by atoms with E-state index in [0.29, 0.717) is 21.5 Å². The molecule has 5 N–H and O–H groups in total. The largest absolute Gasteiger partial charge is 0.490 e. The van der Waals surface area contributed by atoms with Crippen molar-refractivity contribution in [2.24, 2.45) is 18.2 Å². The number of fused-ring (bicyclic) bond motifs is 2. The highest BCUT2D eigenvalue weighted by atomic mass is 35.5. The first-order valence-electron chi connectivity index (χ1n) is 12.0. The Morgan fingerprint density at radius 3 is 2.55 bits per heavy atom. The number of carbonyl (C=O) groups is 1. The predicted octanol–water partition coefficient (Wildman–Crippen LogP) is 3.28. The summed E-state index contributed by atoms with van der Waals surface area (Å²) in [5, 5.41) is 12.7. The van der Waals surface area contributed by atoms with E-state index in [1.165, 1.54) is 11.8 Å². The summed E-state index contributed by atoms with van der Waals surface area (Å²) in [5.74, 6) is -1.59. The summed E-state index contributed by atoms with van der Waals surface area (Å²) in [5.41, 5.74) is 15.0. The Balaban J connectivity index is 0.000000411. The zero-order chi connectivity index (χ0) is 28.8. The van der Waals surface area contributed by atoms with E-state index in [9.17, 15) is 13.2 Å². The second kappa shape index (κ2) is 10.4. The van der Waals surface area contributed by atoms with Crippen molar-refractivity contribution in [1.29, 1.82) is 0 Å². The Morgan fingerprint density at radius 2 is 1.90 bits per heavy atom. The number of aromatic nitrogens is 7. The first kappa shape index (κ1) is 27.9. The molecule has 1 fully saturated rings. The van der Waals surface area contributed by atoms with E-state index in [-0.39, 0.29) is 11.5 Å². The third-order valence-electron chi connectivity index (χ3n) is 7.11. The predicted molar refractivity (Wildman–Crippen MR) is 141 cm³/mol. The van der Waals surface area contributed by atoms with Crippen LogP contribution in [0.4, 0.5) is 24.9 Å². The Hall–Kier alpha value is -3.63. The van der Waals surface area contributed by atoms with E-state index < -0.39 is 12.1 Å². The molecule has 17 heteroatoms. The van der Waals surface area contributed by atoms with Gasteiger partial charge in [0.25, 0.3) is 0 Å². The molecular weight excluding hydrogens is 573 g/mol. The molecule has 0 aliphatic carbocycles. The summed E-state index contributed by atoms with van der Waals surface area (Å²) in [6.45, 7) is 2.64. The number of aliphatic carboxylic acids is 1. The normalized spacial score (nSPS) is 18.1. The fourth-order valence-electron chi connectivity index (χ4n) is 4.97. The third kappa shape index (κ3) is 5.13. The number of nitrogens with two attached hydrogens (primary N) is 2. The number of halogens is 4. The number of anilines is 2. The molecule has 6 heterocycles. The lowest BCUT2D eigenvalue weighted by Gasteiger charge is -2.41. The second-order valence-electron chi connectivity index (χ2n) is 9.48. The van der Waals surface area contributed by atoms with Crippen molar-refractivity contribution in [1.82, 2.24) is 34.3 Å². The number of pyridine rings is 1. The van der Waals surface area contributed by atoms with Crippen LogP contribution >= 0.6 is 23.4 Å². The smallest absolute Gasteiger partial charge is 0.475 e. The monoisotopic (exact) mass is 596 g/mol. The van der Waals surface area contributed by atoms with Crippen LogP contribution in [-0.4, -0.2) is 64.6 Å². The third-order valence-corrected chi connectivity index (χ3v) is 8.58. The lowest BCUT2D eigenvalue weighted by atomic mass is 9.74. The number of aryl methyl sites for hydroxylation is 1. The van der Waals surface area contributed by atoms with Crippen LogP contribution < -0.4 is 16.4 Å². The number of nitrogens with zero attached hydrogens (tertiary/aromatic N) is 8. The minimum absolute atomic E-state index is 0.0274. The van der Waals surface area contributed by atoms with Crippen LogP contribution in [0.15, 0.2) is 40.6 Å². The highest BCUT2D eigenvalue weighted by Crippen LogP contribution is 2.48. The molecule has 0 radical (unpaired) electrons. The standard InChI is InChI=1S/C21H23ClN10S.C2HF3O2/c1-30-19-18(28-14(10-26-19)33-13-3-6-25-17(24)15(13)22)29-20(30)31-8-4-21(5-9-31)11-32-12(16(21)23)2-7-27-32;3-2(4,5)1(6)7/h2-3,6-7,10,16H,4-5,8-9,11,23H2,1H3,(H2,24,25);(H,6,7)/t16-;/m1./s1. The molecule has 4 aromatic rings. The molecule has 4 aromatic heterocycles. The fourth-order valence-corrected chi connectivity index (χ4v) is 5.98. The Bertz CT molecular complexity index is 1570. The van der Waals surface area contributed by atoms with Crippen LogP contribution in [0.3, 0.4) is 0 Å². The van der Waals surface area contributed by atoms with Crippen molar-refractivity contribution in [3.8, 4) is 0 Å². The highest BCUT2D eigenvalue weighted by Gasteiger charge is 2.47. The summed E-state index contributed by atoms with van der Waals surface area (Å²) in [4.78, 5) is 30.1. The van der Waals surface area contributed by atoms with E-state index >= 15 is 0 Å². The Morgan fingerprint density at radius 1 is 1.20 bits per heavy atom. The zero-order valence-corrected chi connectivity index (χ0v) is 22.6. The molecule has 1 saturated heterocycles. The fraction of sp³-hybridized carbons (Fsp3) is 0.391. The van der Waals surface area contributed by atoms with Gasteiger partial charge in [-0.15, -0.1) is 0 Å². The molecule has 0 saturated carbocycles. The quantitative estimate of drug-likeness (QED) is 0.317. The molecule has 1 spiro atoms. The molecule has 0 aromatic carbocycles. The molecule has 2 aliphatic rings. The van der Waals surface area contributed by atoms with Crippen molar-refractivity contribution >= 4 is 52.4 Å². The molecule has 1 atom stereocenters. The Kier molecular flexibility index (Phi) is 7.26. The van der Waals surface area contributed by atoms with E-state index in [1.807, 2.05) is 29.9 Å². The summed E-state index contributed by atoms with van der Waals surface area (Å²) in [6, 6.07) is 3.87. The van der Waals surface area contributed by atoms with Crippen molar-refractivity contribution in [3.05, 3.63) is 41.4 Å². The van der Waals surface area contributed by atoms with E-state index in [0.717, 1.165) is 54.7 Å². The van der Waals surface area contributed by atoms with Crippen LogP contribution in [0.1, 0.15) is 24.6 Å². The van der Waals surface area contributed by atoms with Gasteiger partial charge in [-0.05, 0) is 25.0 Å². The average molecular weight is 597 g/mol. The number of rotatable bonds is 3. The molecule has 6 rings (SSSR count). The minimum Gasteiger partial charge on any atom is -0.475 e. The lowest BCUT2D eigenvalue weighted by Crippen LogP contribution is -2.45. The minimum atomic E-state index is -5.08. The van der Waals surface area contributed by atoms with Crippen LogP contribution in [0.5, 0.6) is 0 Å². The summed E-state index contributed by atoms with van der Waals surface area (Å²) in [7, 11) is 1.98. The molecule has 2 aliphatic heterocycles. The lowest BCUT2D eigenvalue weighted by molar-refractivity contribution is -0.192. The molecule has 0 unspecified atom stereocenters. The number of imidazole rings is 1. The molecule has 0 amide bonds.